The van der Waals surface area contributed by atoms with Crippen LogP contribution in [0.2, 0.25) is 0 Å². The highest BCUT2D eigenvalue weighted by Crippen LogP contribution is 2.44. The molecule has 0 heterocycles. The van der Waals surface area contributed by atoms with Crippen molar-refractivity contribution in [3.63, 3.8) is 0 Å². The number of aliphatic hydroxyl groups excluding tert-OH is 1. The summed E-state index contributed by atoms with van der Waals surface area (Å²) in [5.41, 5.74) is 0.394. The molecule has 3 nitrogen and oxygen atoms in total. The number of aliphatic hydroxyl groups is 1. The summed E-state index contributed by atoms with van der Waals surface area (Å²) in [6.07, 6.45) is 0.715. The van der Waals surface area contributed by atoms with Gasteiger partial charge in [-0.25, -0.2) is 0 Å². The molecule has 1 aromatic carbocycles. The van der Waals surface area contributed by atoms with Crippen LogP contribution in [0.5, 0.6) is 5.75 Å². The van der Waals surface area contributed by atoms with E-state index in [1.807, 2.05) is 24.3 Å². The molecule has 1 fully saturated rings. The van der Waals surface area contributed by atoms with Crippen LogP contribution in [-0.4, -0.2) is 30.4 Å². The molecule has 100 valence electrons. The summed E-state index contributed by atoms with van der Waals surface area (Å²) in [6, 6.07) is 8.17. The van der Waals surface area contributed by atoms with Gasteiger partial charge in [-0.1, -0.05) is 35.8 Å². The molecule has 0 aliphatic heterocycles. The smallest absolute Gasteiger partial charge is 0.120 e. The molecule has 2 rings (SSSR count). The summed E-state index contributed by atoms with van der Waals surface area (Å²) in [5.74, 6) is 0.773. The Kier molecular flexibility index (Phi) is 4.30. The lowest BCUT2D eigenvalue weighted by molar-refractivity contribution is 0.105. The normalized spacial score (nSPS) is 22.6. The zero-order valence-electron chi connectivity index (χ0n) is 10.8. The van der Waals surface area contributed by atoms with Crippen LogP contribution in [0, 0.1) is 5.41 Å². The number of nitrogens with one attached hydrogen (secondary N) is 1. The maximum atomic E-state index is 9.83. The highest BCUT2D eigenvalue weighted by molar-refractivity contribution is 9.10. The van der Waals surface area contributed by atoms with Crippen LogP contribution in [-0.2, 0) is 0 Å². The number of benzene rings is 1. The average molecular weight is 314 g/mol. The van der Waals surface area contributed by atoms with Crippen LogP contribution in [0.15, 0.2) is 28.7 Å². The molecule has 18 heavy (non-hydrogen) atoms. The number of ether oxygens (including phenoxy) is 1. The Balaban J connectivity index is 1.67. The monoisotopic (exact) mass is 313 g/mol. The van der Waals surface area contributed by atoms with Gasteiger partial charge in [-0.2, -0.15) is 0 Å². The van der Waals surface area contributed by atoms with Crippen LogP contribution >= 0.6 is 15.9 Å². The van der Waals surface area contributed by atoms with Crippen LogP contribution in [0.3, 0.4) is 0 Å². The molecule has 2 unspecified atom stereocenters. The van der Waals surface area contributed by atoms with Gasteiger partial charge >= 0.3 is 0 Å². The Hall–Kier alpha value is -0.580. The second kappa shape index (κ2) is 5.59. The highest BCUT2D eigenvalue weighted by Gasteiger charge is 2.45. The number of halogens is 1. The molecule has 2 atom stereocenters. The van der Waals surface area contributed by atoms with Crippen molar-refractivity contribution >= 4 is 15.9 Å². The molecule has 1 aliphatic carbocycles. The van der Waals surface area contributed by atoms with E-state index >= 15 is 0 Å². The van der Waals surface area contributed by atoms with Gasteiger partial charge in [0.15, 0.2) is 0 Å². The zero-order chi connectivity index (χ0) is 13.2. The van der Waals surface area contributed by atoms with Crippen LogP contribution < -0.4 is 10.1 Å². The minimum absolute atomic E-state index is 0.316. The first kappa shape index (κ1) is 13.8. The van der Waals surface area contributed by atoms with Crippen molar-refractivity contribution in [2.24, 2.45) is 5.41 Å². The molecule has 0 spiro atoms. The first-order valence-corrected chi connectivity index (χ1v) is 7.06. The summed E-state index contributed by atoms with van der Waals surface area (Å²) in [6.45, 7) is 5.36. The van der Waals surface area contributed by atoms with Crippen molar-refractivity contribution in [1.82, 2.24) is 5.32 Å². The van der Waals surface area contributed by atoms with E-state index in [2.05, 4.69) is 35.1 Å². The van der Waals surface area contributed by atoms with Gasteiger partial charge in [0, 0.05) is 17.1 Å². The SMILES string of the molecule is CC1(C)CC1NCC(O)COc1cccc(Br)c1. The highest BCUT2D eigenvalue weighted by atomic mass is 79.9. The van der Waals surface area contributed by atoms with Crippen LogP contribution in [0.25, 0.3) is 0 Å². The molecular formula is C14H20BrNO2. The fourth-order valence-electron chi connectivity index (χ4n) is 1.90. The molecule has 0 amide bonds. The van der Waals surface area contributed by atoms with Gasteiger partial charge in [0.05, 0.1) is 0 Å². The summed E-state index contributed by atoms with van der Waals surface area (Å²) in [7, 11) is 0. The molecule has 4 heteroatoms. The standard InChI is InChI=1S/C14H20BrNO2/c1-14(2)7-13(14)16-8-11(17)9-18-12-5-3-4-10(15)6-12/h3-6,11,13,16-17H,7-9H2,1-2H3. The maximum absolute atomic E-state index is 9.83. The second-order valence-corrected chi connectivity index (χ2v) is 6.49. The van der Waals surface area contributed by atoms with Gasteiger partial charge in [0.1, 0.15) is 18.5 Å². The van der Waals surface area contributed by atoms with Gasteiger partial charge in [-0.05, 0) is 30.0 Å². The summed E-state index contributed by atoms with van der Waals surface area (Å²) in [4.78, 5) is 0. The average Bonchev–Trinajstić information content (AvgIpc) is 2.92. The van der Waals surface area contributed by atoms with E-state index in [4.69, 9.17) is 4.74 Å². The lowest BCUT2D eigenvalue weighted by atomic mass is 10.2. The first-order chi connectivity index (χ1) is 8.47. The topological polar surface area (TPSA) is 41.5 Å². The fraction of sp³-hybridized carbons (Fsp3) is 0.571. The number of hydrogen-bond donors (Lipinski definition) is 2. The minimum Gasteiger partial charge on any atom is -0.491 e. The third-order valence-corrected chi connectivity index (χ3v) is 3.85. The Labute approximate surface area is 117 Å². The third-order valence-electron chi connectivity index (χ3n) is 3.35. The van der Waals surface area contributed by atoms with Crippen LogP contribution in [0.1, 0.15) is 20.3 Å². The molecule has 2 N–H and O–H groups in total. The lowest BCUT2D eigenvalue weighted by Gasteiger charge is -2.14. The number of rotatable bonds is 6. The van der Waals surface area contributed by atoms with Crippen molar-refractivity contribution in [2.45, 2.75) is 32.4 Å². The quantitative estimate of drug-likeness (QED) is 0.848. The summed E-state index contributed by atoms with van der Waals surface area (Å²) in [5, 5.41) is 13.2. The van der Waals surface area contributed by atoms with Crippen molar-refractivity contribution in [3.05, 3.63) is 28.7 Å². The maximum Gasteiger partial charge on any atom is 0.120 e. The molecule has 1 saturated carbocycles. The lowest BCUT2D eigenvalue weighted by Crippen LogP contribution is -2.34. The van der Waals surface area contributed by atoms with E-state index in [0.717, 1.165) is 10.2 Å². The van der Waals surface area contributed by atoms with Crippen molar-refractivity contribution in [1.29, 1.82) is 0 Å². The number of hydrogen-bond acceptors (Lipinski definition) is 3. The second-order valence-electron chi connectivity index (χ2n) is 5.58. The Morgan fingerprint density at radius 1 is 1.56 bits per heavy atom. The summed E-state index contributed by atoms with van der Waals surface area (Å²) < 4.78 is 6.51. The predicted molar refractivity (Wildman–Crippen MR) is 75.8 cm³/mol. The van der Waals surface area contributed by atoms with Gasteiger partial charge in [0.2, 0.25) is 0 Å². The van der Waals surface area contributed by atoms with E-state index in [1.165, 1.54) is 6.42 Å². The largest absolute Gasteiger partial charge is 0.491 e. The molecule has 0 radical (unpaired) electrons. The molecule has 0 bridgehead atoms. The van der Waals surface area contributed by atoms with E-state index in [0.29, 0.717) is 24.6 Å². The van der Waals surface area contributed by atoms with Crippen molar-refractivity contribution in [2.75, 3.05) is 13.2 Å². The summed E-state index contributed by atoms with van der Waals surface area (Å²) >= 11 is 3.38. The Bertz CT molecular complexity index is 409. The molecule has 1 aromatic rings. The molecule has 1 aliphatic rings. The van der Waals surface area contributed by atoms with E-state index in [-0.39, 0.29) is 0 Å². The van der Waals surface area contributed by atoms with Gasteiger partial charge < -0.3 is 15.2 Å². The molecular weight excluding hydrogens is 294 g/mol. The van der Waals surface area contributed by atoms with E-state index < -0.39 is 6.10 Å². The molecule has 0 aromatic heterocycles. The molecule has 0 saturated heterocycles. The van der Waals surface area contributed by atoms with E-state index in [9.17, 15) is 5.11 Å². The zero-order valence-corrected chi connectivity index (χ0v) is 12.4. The van der Waals surface area contributed by atoms with Gasteiger partial charge in [0.25, 0.3) is 0 Å². The minimum atomic E-state index is -0.472. The Morgan fingerprint density at radius 2 is 2.28 bits per heavy atom. The first-order valence-electron chi connectivity index (χ1n) is 6.27. The van der Waals surface area contributed by atoms with Crippen LogP contribution in [0.4, 0.5) is 0 Å². The Morgan fingerprint density at radius 3 is 2.89 bits per heavy atom. The fourth-order valence-corrected chi connectivity index (χ4v) is 2.28. The van der Waals surface area contributed by atoms with Crippen molar-refractivity contribution in [3.8, 4) is 5.75 Å². The van der Waals surface area contributed by atoms with Gasteiger partial charge in [-0.3, -0.25) is 0 Å². The predicted octanol–water partition coefficient (Wildman–Crippen LogP) is 2.58. The van der Waals surface area contributed by atoms with Crippen molar-refractivity contribution < 1.29 is 9.84 Å². The third kappa shape index (κ3) is 3.97. The van der Waals surface area contributed by atoms with Gasteiger partial charge in [-0.15, -0.1) is 0 Å². The van der Waals surface area contributed by atoms with E-state index in [1.54, 1.807) is 0 Å².